The molecule has 0 radical (unpaired) electrons. The molecule has 2 aromatic carbocycles. The largest absolute Gasteiger partial charge is 0.352 e. The predicted molar refractivity (Wildman–Crippen MR) is 112 cm³/mol. The van der Waals surface area contributed by atoms with Crippen molar-refractivity contribution < 1.29 is 14.0 Å². The van der Waals surface area contributed by atoms with Crippen molar-refractivity contribution in [3.05, 3.63) is 64.9 Å². The van der Waals surface area contributed by atoms with Crippen LogP contribution in [0.25, 0.3) is 0 Å². The van der Waals surface area contributed by atoms with E-state index in [2.05, 4.69) is 10.6 Å². The Bertz CT molecular complexity index is 861. The molecule has 2 N–H and O–H groups in total. The summed E-state index contributed by atoms with van der Waals surface area (Å²) in [4.78, 5) is 26.4. The maximum absolute atomic E-state index is 13.3. The third-order valence-electron chi connectivity index (χ3n) is 5.04. The highest BCUT2D eigenvalue weighted by atomic mass is 35.5. The Balaban J connectivity index is 1.42. The molecule has 3 rings (SSSR count). The minimum Gasteiger partial charge on any atom is -0.352 e. The van der Waals surface area contributed by atoms with Crippen molar-refractivity contribution in [2.24, 2.45) is 5.92 Å². The molecule has 0 spiro atoms. The summed E-state index contributed by atoms with van der Waals surface area (Å²) in [7, 11) is 0. The van der Waals surface area contributed by atoms with Crippen LogP contribution in [-0.2, 0) is 11.3 Å². The number of nitrogens with one attached hydrogen (secondary N) is 2. The van der Waals surface area contributed by atoms with Gasteiger partial charge >= 0.3 is 6.03 Å². The van der Waals surface area contributed by atoms with Crippen LogP contribution >= 0.6 is 11.6 Å². The topological polar surface area (TPSA) is 61.4 Å². The van der Waals surface area contributed by atoms with Gasteiger partial charge in [0.15, 0.2) is 0 Å². The number of hydrogen-bond donors (Lipinski definition) is 2. The van der Waals surface area contributed by atoms with Gasteiger partial charge in [-0.3, -0.25) is 4.79 Å². The molecule has 3 amide bonds. The summed E-state index contributed by atoms with van der Waals surface area (Å²) in [6.07, 6.45) is 3.03. The van der Waals surface area contributed by atoms with Gasteiger partial charge in [-0.25, -0.2) is 9.18 Å². The number of piperidine rings is 1. The van der Waals surface area contributed by atoms with E-state index in [1.807, 2.05) is 18.2 Å². The number of hydrogen-bond acceptors (Lipinski definition) is 2. The molecule has 1 heterocycles. The van der Waals surface area contributed by atoms with E-state index in [-0.39, 0.29) is 23.7 Å². The highest BCUT2D eigenvalue weighted by Gasteiger charge is 2.24. The summed E-state index contributed by atoms with van der Waals surface area (Å²) in [5, 5.41) is 6.30. The quantitative estimate of drug-likeness (QED) is 0.707. The van der Waals surface area contributed by atoms with Gasteiger partial charge in [-0.2, -0.15) is 0 Å². The first-order chi connectivity index (χ1) is 14.0. The number of benzene rings is 2. The molecule has 2 aromatic rings. The highest BCUT2D eigenvalue weighted by Crippen LogP contribution is 2.22. The molecule has 0 saturated carbocycles. The average Bonchev–Trinajstić information content (AvgIpc) is 2.71. The normalized spacial score (nSPS) is 16.3. The van der Waals surface area contributed by atoms with Crippen LogP contribution in [-0.4, -0.2) is 29.9 Å². The first-order valence-electron chi connectivity index (χ1n) is 9.82. The van der Waals surface area contributed by atoms with Crippen LogP contribution in [0.5, 0.6) is 0 Å². The van der Waals surface area contributed by atoms with Gasteiger partial charge in [-0.05, 0) is 61.1 Å². The van der Waals surface area contributed by atoms with Crippen LogP contribution in [0.1, 0.15) is 31.2 Å². The van der Waals surface area contributed by atoms with Gasteiger partial charge in [-0.15, -0.1) is 0 Å². The lowest BCUT2D eigenvalue weighted by molar-refractivity contribution is -0.121. The molecule has 0 aromatic heterocycles. The van der Waals surface area contributed by atoms with Gasteiger partial charge in [0, 0.05) is 36.8 Å². The van der Waals surface area contributed by atoms with Gasteiger partial charge in [0.2, 0.25) is 5.91 Å². The fourth-order valence-electron chi connectivity index (χ4n) is 3.53. The number of rotatable bonds is 6. The van der Waals surface area contributed by atoms with E-state index in [1.165, 1.54) is 12.1 Å². The van der Waals surface area contributed by atoms with Crippen molar-refractivity contribution in [2.45, 2.75) is 32.2 Å². The van der Waals surface area contributed by atoms with Crippen molar-refractivity contribution in [1.29, 1.82) is 0 Å². The molecule has 0 bridgehead atoms. The van der Waals surface area contributed by atoms with Crippen LogP contribution in [0.3, 0.4) is 0 Å². The maximum Gasteiger partial charge on any atom is 0.321 e. The predicted octanol–water partition coefficient (Wildman–Crippen LogP) is 4.82. The van der Waals surface area contributed by atoms with E-state index < -0.39 is 0 Å². The SMILES string of the molecule is O=C(CC[C@@H]1CCCN(C(=O)Nc2cccc(F)c2)C1)NCc1cccc(Cl)c1. The smallest absolute Gasteiger partial charge is 0.321 e. The molecule has 1 aliphatic rings. The molecule has 1 saturated heterocycles. The third-order valence-corrected chi connectivity index (χ3v) is 5.28. The lowest BCUT2D eigenvalue weighted by Gasteiger charge is -2.32. The van der Waals surface area contributed by atoms with E-state index in [1.54, 1.807) is 23.1 Å². The zero-order valence-corrected chi connectivity index (χ0v) is 16.9. The Morgan fingerprint density at radius 3 is 2.79 bits per heavy atom. The van der Waals surface area contributed by atoms with Crippen LogP contribution < -0.4 is 10.6 Å². The zero-order valence-electron chi connectivity index (χ0n) is 16.2. The minimum absolute atomic E-state index is 0.00805. The standard InChI is InChI=1S/C22H25ClFN3O2/c23-18-6-1-4-17(12-18)14-25-21(28)10-9-16-5-3-11-27(15-16)22(29)26-20-8-2-7-19(24)13-20/h1-2,4,6-8,12-13,16H,3,5,9-11,14-15H2,(H,25,28)(H,26,29)/t16-/m0/s1. The van der Waals surface area contributed by atoms with Gasteiger partial charge in [0.05, 0.1) is 0 Å². The lowest BCUT2D eigenvalue weighted by Crippen LogP contribution is -2.42. The maximum atomic E-state index is 13.3. The molecule has 154 valence electrons. The van der Waals surface area contributed by atoms with E-state index in [0.717, 1.165) is 24.8 Å². The fourth-order valence-corrected chi connectivity index (χ4v) is 3.74. The second kappa shape index (κ2) is 10.3. The molecule has 1 atom stereocenters. The molecule has 1 aliphatic heterocycles. The second-order valence-corrected chi connectivity index (χ2v) is 7.78. The van der Waals surface area contributed by atoms with Crippen molar-refractivity contribution in [3.8, 4) is 0 Å². The summed E-state index contributed by atoms with van der Waals surface area (Å²) in [5.74, 6) is -0.117. The second-order valence-electron chi connectivity index (χ2n) is 7.34. The lowest BCUT2D eigenvalue weighted by atomic mass is 9.93. The molecule has 0 unspecified atom stereocenters. The van der Waals surface area contributed by atoms with Crippen LogP contribution in [0.2, 0.25) is 5.02 Å². The first-order valence-corrected chi connectivity index (χ1v) is 10.2. The Kier molecular flexibility index (Phi) is 7.47. The number of carbonyl (C=O) groups excluding carboxylic acids is 2. The molecule has 1 fully saturated rings. The third kappa shape index (κ3) is 6.75. The van der Waals surface area contributed by atoms with Crippen molar-refractivity contribution >= 4 is 29.2 Å². The minimum atomic E-state index is -0.386. The fraction of sp³-hybridized carbons (Fsp3) is 0.364. The Hall–Kier alpha value is -2.60. The number of urea groups is 1. The van der Waals surface area contributed by atoms with Crippen molar-refractivity contribution in [2.75, 3.05) is 18.4 Å². The van der Waals surface area contributed by atoms with Crippen molar-refractivity contribution in [1.82, 2.24) is 10.2 Å². The highest BCUT2D eigenvalue weighted by molar-refractivity contribution is 6.30. The van der Waals surface area contributed by atoms with E-state index in [4.69, 9.17) is 11.6 Å². The van der Waals surface area contributed by atoms with Crippen molar-refractivity contribution in [3.63, 3.8) is 0 Å². The first kappa shape index (κ1) is 21.1. The van der Waals surface area contributed by atoms with Crippen LogP contribution in [0.4, 0.5) is 14.9 Å². The monoisotopic (exact) mass is 417 g/mol. The van der Waals surface area contributed by atoms with Gasteiger partial charge < -0.3 is 15.5 Å². The van der Waals surface area contributed by atoms with Crippen LogP contribution in [0.15, 0.2) is 48.5 Å². The molecule has 5 nitrogen and oxygen atoms in total. The number of amides is 3. The summed E-state index contributed by atoms with van der Waals surface area (Å²) in [5.41, 5.74) is 1.40. The Morgan fingerprint density at radius 2 is 2.00 bits per heavy atom. The summed E-state index contributed by atoms with van der Waals surface area (Å²) < 4.78 is 13.3. The van der Waals surface area contributed by atoms with Gasteiger partial charge in [0.25, 0.3) is 0 Å². The molecular formula is C22H25ClFN3O2. The molecule has 29 heavy (non-hydrogen) atoms. The van der Waals surface area contributed by atoms with Crippen LogP contribution in [0, 0.1) is 11.7 Å². The number of anilines is 1. The van der Waals surface area contributed by atoms with Gasteiger partial charge in [-0.1, -0.05) is 29.8 Å². The summed E-state index contributed by atoms with van der Waals surface area (Å²) >= 11 is 5.95. The number of likely N-dealkylation sites (tertiary alicyclic amines) is 1. The average molecular weight is 418 g/mol. The van der Waals surface area contributed by atoms with E-state index in [9.17, 15) is 14.0 Å². The zero-order chi connectivity index (χ0) is 20.6. The van der Waals surface area contributed by atoms with Gasteiger partial charge in [0.1, 0.15) is 5.82 Å². The summed E-state index contributed by atoms with van der Waals surface area (Å²) in [6.45, 7) is 1.72. The molecule has 7 heteroatoms. The summed E-state index contributed by atoms with van der Waals surface area (Å²) in [6, 6.07) is 13.0. The number of carbonyl (C=O) groups is 2. The molecular weight excluding hydrogens is 393 g/mol. The Labute approximate surface area is 175 Å². The number of halogens is 2. The van der Waals surface area contributed by atoms with E-state index >= 15 is 0 Å². The molecule has 0 aliphatic carbocycles. The Morgan fingerprint density at radius 1 is 1.17 bits per heavy atom. The van der Waals surface area contributed by atoms with E-state index in [0.29, 0.717) is 36.8 Å². The number of nitrogens with zero attached hydrogens (tertiary/aromatic N) is 1.